The van der Waals surface area contributed by atoms with E-state index in [1.165, 1.54) is 30.6 Å². The summed E-state index contributed by atoms with van der Waals surface area (Å²) in [5.74, 6) is -1.28. The summed E-state index contributed by atoms with van der Waals surface area (Å²) in [6, 6.07) is 5.96. The molecule has 0 unspecified atom stereocenters. The number of rotatable bonds is 0. The molecule has 0 amide bonds. The number of pyridine rings is 2. The van der Waals surface area contributed by atoms with Gasteiger partial charge in [-0.15, -0.1) is 0 Å². The van der Waals surface area contributed by atoms with Crippen LogP contribution in [0.2, 0.25) is 0 Å². The highest BCUT2D eigenvalue weighted by atomic mass is 16.5. The van der Waals surface area contributed by atoms with Gasteiger partial charge < -0.3 is 5.21 Å². The van der Waals surface area contributed by atoms with Crippen LogP contribution in [0.4, 0.5) is 0 Å². The van der Waals surface area contributed by atoms with Gasteiger partial charge in [-0.3, -0.25) is 9.59 Å². The molecule has 17 heavy (non-hydrogen) atoms. The van der Waals surface area contributed by atoms with E-state index in [4.69, 9.17) is 0 Å². The van der Waals surface area contributed by atoms with Crippen molar-refractivity contribution in [3.63, 3.8) is 0 Å². The molecule has 0 aliphatic heterocycles. The monoisotopic (exact) mass is 226 g/mol. The van der Waals surface area contributed by atoms with Crippen molar-refractivity contribution in [2.24, 2.45) is 0 Å². The van der Waals surface area contributed by atoms with E-state index < -0.39 is 11.6 Å². The van der Waals surface area contributed by atoms with Gasteiger partial charge >= 0.3 is 0 Å². The molecule has 2 aromatic heterocycles. The maximum absolute atomic E-state index is 11.8. The predicted molar refractivity (Wildman–Crippen MR) is 57.3 cm³/mol. The van der Waals surface area contributed by atoms with Gasteiger partial charge in [0.2, 0.25) is 11.6 Å². The van der Waals surface area contributed by atoms with E-state index in [-0.39, 0.29) is 22.5 Å². The SMILES string of the molecule is O=C1C(=O)c2ccc[n+]([O-])c2-c2ncccc21. The number of hydrogen-bond donors (Lipinski definition) is 0. The van der Waals surface area contributed by atoms with Crippen LogP contribution in [0.15, 0.2) is 36.7 Å². The van der Waals surface area contributed by atoms with Gasteiger partial charge in [0.05, 0.1) is 5.56 Å². The van der Waals surface area contributed by atoms with Crippen molar-refractivity contribution < 1.29 is 14.3 Å². The maximum Gasteiger partial charge on any atom is 0.254 e. The largest absolute Gasteiger partial charge is 0.618 e. The van der Waals surface area contributed by atoms with Crippen LogP contribution in [0.25, 0.3) is 11.4 Å². The van der Waals surface area contributed by atoms with E-state index in [1.54, 1.807) is 6.07 Å². The lowest BCUT2D eigenvalue weighted by molar-refractivity contribution is -0.594. The van der Waals surface area contributed by atoms with Gasteiger partial charge in [0, 0.05) is 12.3 Å². The lowest BCUT2D eigenvalue weighted by Crippen LogP contribution is -2.35. The minimum absolute atomic E-state index is 0.110. The Morgan fingerprint density at radius 3 is 2.59 bits per heavy atom. The minimum Gasteiger partial charge on any atom is -0.618 e. The van der Waals surface area contributed by atoms with E-state index in [0.29, 0.717) is 4.73 Å². The van der Waals surface area contributed by atoms with Gasteiger partial charge in [0.25, 0.3) is 5.69 Å². The van der Waals surface area contributed by atoms with Gasteiger partial charge in [-0.05, 0) is 18.2 Å². The fourth-order valence-electron chi connectivity index (χ4n) is 1.93. The molecule has 3 rings (SSSR count). The van der Waals surface area contributed by atoms with Crippen LogP contribution in [-0.2, 0) is 0 Å². The molecule has 0 saturated heterocycles. The molecule has 82 valence electrons. The van der Waals surface area contributed by atoms with Crippen LogP contribution >= 0.6 is 0 Å². The average molecular weight is 226 g/mol. The standard InChI is InChI=1S/C12H6N2O3/c15-11-7-3-1-5-13-9(7)10-8(12(11)16)4-2-6-14(10)17/h1-6H. The van der Waals surface area contributed by atoms with Crippen molar-refractivity contribution in [1.29, 1.82) is 0 Å². The highest BCUT2D eigenvalue weighted by molar-refractivity contribution is 6.52. The Balaban J connectivity index is 2.45. The summed E-state index contributed by atoms with van der Waals surface area (Å²) in [6.07, 6.45) is 2.76. The first-order valence-electron chi connectivity index (χ1n) is 4.97. The van der Waals surface area contributed by atoms with E-state index in [2.05, 4.69) is 4.98 Å². The average Bonchev–Trinajstić information content (AvgIpc) is 2.36. The van der Waals surface area contributed by atoms with Crippen molar-refractivity contribution in [3.05, 3.63) is 53.0 Å². The summed E-state index contributed by atoms with van der Waals surface area (Å²) >= 11 is 0. The van der Waals surface area contributed by atoms with Crippen LogP contribution in [0.1, 0.15) is 20.7 Å². The zero-order valence-electron chi connectivity index (χ0n) is 8.58. The summed E-state index contributed by atoms with van der Waals surface area (Å²) in [6.45, 7) is 0. The molecule has 2 aromatic rings. The number of nitrogens with zero attached hydrogens (tertiary/aromatic N) is 2. The van der Waals surface area contributed by atoms with Gasteiger partial charge in [-0.1, -0.05) is 0 Å². The summed E-state index contributed by atoms with van der Waals surface area (Å²) < 4.78 is 0.561. The molecule has 0 fully saturated rings. The number of aromatic nitrogens is 2. The molecular weight excluding hydrogens is 220 g/mol. The molecular formula is C12H6N2O3. The second-order valence-electron chi connectivity index (χ2n) is 3.65. The second kappa shape index (κ2) is 3.21. The molecule has 0 radical (unpaired) electrons. The normalized spacial score (nSPS) is 13.2. The molecule has 1 aliphatic rings. The van der Waals surface area contributed by atoms with Crippen molar-refractivity contribution in [2.45, 2.75) is 0 Å². The van der Waals surface area contributed by atoms with Crippen LogP contribution < -0.4 is 4.73 Å². The molecule has 2 heterocycles. The third kappa shape index (κ3) is 1.19. The molecule has 0 atom stereocenters. The Hall–Kier alpha value is -2.56. The molecule has 0 spiro atoms. The zero-order chi connectivity index (χ0) is 12.0. The third-order valence-corrected chi connectivity index (χ3v) is 2.69. The summed E-state index contributed by atoms with van der Waals surface area (Å²) in [5, 5.41) is 11.7. The highest BCUT2D eigenvalue weighted by Crippen LogP contribution is 2.28. The summed E-state index contributed by atoms with van der Waals surface area (Å²) in [7, 11) is 0. The number of carbonyl (C=O) groups excluding carboxylic acids is 2. The van der Waals surface area contributed by atoms with Crippen LogP contribution in [-0.4, -0.2) is 16.6 Å². The van der Waals surface area contributed by atoms with E-state index in [9.17, 15) is 14.8 Å². The summed E-state index contributed by atoms with van der Waals surface area (Å²) in [5.41, 5.74) is 0.704. The molecule has 0 saturated carbocycles. The molecule has 0 bridgehead atoms. The number of hydrogen-bond acceptors (Lipinski definition) is 4. The lowest BCUT2D eigenvalue weighted by Gasteiger charge is -2.14. The van der Waals surface area contributed by atoms with Crippen molar-refractivity contribution in [2.75, 3.05) is 0 Å². The first-order valence-corrected chi connectivity index (χ1v) is 4.97. The molecule has 0 aromatic carbocycles. The second-order valence-corrected chi connectivity index (χ2v) is 3.65. The van der Waals surface area contributed by atoms with Crippen molar-refractivity contribution in [3.8, 4) is 11.4 Å². The fraction of sp³-hybridized carbons (Fsp3) is 0. The smallest absolute Gasteiger partial charge is 0.254 e. The zero-order valence-corrected chi connectivity index (χ0v) is 8.58. The number of Topliss-reactive ketones (excluding diaryl/α,β-unsaturated/α-hetero) is 2. The fourth-order valence-corrected chi connectivity index (χ4v) is 1.93. The van der Waals surface area contributed by atoms with E-state index in [0.717, 1.165) is 0 Å². The quantitative estimate of drug-likeness (QED) is 0.377. The predicted octanol–water partition coefficient (Wildman–Crippen LogP) is 0.761. The third-order valence-electron chi connectivity index (χ3n) is 2.69. The first kappa shape index (κ1) is 9.65. The Morgan fingerprint density at radius 2 is 1.76 bits per heavy atom. The van der Waals surface area contributed by atoms with Crippen LogP contribution in [0.3, 0.4) is 0 Å². The Labute approximate surface area is 95.9 Å². The van der Waals surface area contributed by atoms with Gasteiger partial charge in [0.15, 0.2) is 6.20 Å². The number of fused-ring (bicyclic) bond motifs is 3. The molecule has 5 nitrogen and oxygen atoms in total. The van der Waals surface area contributed by atoms with Crippen LogP contribution in [0.5, 0.6) is 0 Å². The summed E-state index contributed by atoms with van der Waals surface area (Å²) in [4.78, 5) is 27.6. The Bertz CT molecular complexity index is 665. The lowest BCUT2D eigenvalue weighted by atomic mass is 9.90. The maximum atomic E-state index is 11.8. The number of ketones is 2. The molecule has 1 aliphatic carbocycles. The van der Waals surface area contributed by atoms with E-state index in [1.807, 2.05) is 0 Å². The number of carbonyl (C=O) groups is 2. The van der Waals surface area contributed by atoms with Crippen LogP contribution in [0, 0.1) is 5.21 Å². The van der Waals surface area contributed by atoms with Gasteiger partial charge in [0.1, 0.15) is 11.3 Å². The van der Waals surface area contributed by atoms with Gasteiger partial charge in [-0.2, -0.15) is 4.73 Å². The molecule has 0 N–H and O–H groups in total. The minimum atomic E-state index is -0.661. The first-order chi connectivity index (χ1) is 8.20. The van der Waals surface area contributed by atoms with Crippen molar-refractivity contribution in [1.82, 2.24) is 4.98 Å². The van der Waals surface area contributed by atoms with Crippen molar-refractivity contribution >= 4 is 11.6 Å². The topological polar surface area (TPSA) is 74.0 Å². The molecule has 5 heteroatoms. The Morgan fingerprint density at radius 1 is 1.06 bits per heavy atom. The van der Waals surface area contributed by atoms with Gasteiger partial charge in [-0.25, -0.2) is 4.98 Å². The highest BCUT2D eigenvalue weighted by Gasteiger charge is 2.36. The van der Waals surface area contributed by atoms with E-state index >= 15 is 0 Å². The Kier molecular flexibility index (Phi) is 1.82.